The molecule has 3 heterocycles. The topological polar surface area (TPSA) is 26.8 Å². The fraction of sp³-hybridized carbons (Fsp3) is 0.476. The Hall–Kier alpha value is -1.47. The predicted molar refractivity (Wildman–Crippen MR) is 111 cm³/mol. The van der Waals surface area contributed by atoms with Crippen molar-refractivity contribution < 1.29 is 9.18 Å². The molecule has 2 aromatic rings. The molecule has 0 N–H and O–H groups in total. The number of hydrogen-bond acceptors (Lipinski definition) is 4. The third-order valence-corrected chi connectivity index (χ3v) is 7.07. The standard InChI is InChI=1S/C21H25ClFN3OS/c22-17-4-1-5-18(23)16(17)14-24-9-11-25(12-10-24)21(27)15-26-8-2-6-19(26)20-7-3-13-28-20/h1,3-5,7,13,19H,2,6,8-12,14-15H2. The molecule has 2 fully saturated rings. The molecule has 1 amide bonds. The average molecular weight is 422 g/mol. The predicted octanol–water partition coefficient (Wildman–Crippen LogP) is 4.02. The number of nitrogens with zero attached hydrogens (tertiary/aromatic N) is 3. The molecule has 0 radical (unpaired) electrons. The molecular formula is C21H25ClFN3OS. The fourth-order valence-electron chi connectivity index (χ4n) is 4.15. The molecule has 2 aliphatic heterocycles. The molecule has 150 valence electrons. The van der Waals surface area contributed by atoms with Crippen LogP contribution in [0.2, 0.25) is 5.02 Å². The van der Waals surface area contributed by atoms with E-state index in [0.29, 0.717) is 42.8 Å². The molecule has 7 heteroatoms. The number of likely N-dealkylation sites (tertiary alicyclic amines) is 1. The summed E-state index contributed by atoms with van der Waals surface area (Å²) in [6.45, 7) is 4.81. The lowest BCUT2D eigenvalue weighted by atomic mass is 10.1. The van der Waals surface area contributed by atoms with Crippen LogP contribution in [0.1, 0.15) is 29.3 Å². The number of amides is 1. The first kappa shape index (κ1) is 19.8. The maximum absolute atomic E-state index is 14.0. The van der Waals surface area contributed by atoms with Gasteiger partial charge < -0.3 is 4.90 Å². The molecule has 1 unspecified atom stereocenters. The highest BCUT2D eigenvalue weighted by molar-refractivity contribution is 7.10. The van der Waals surface area contributed by atoms with Gasteiger partial charge in [-0.15, -0.1) is 11.3 Å². The molecule has 0 saturated carbocycles. The quantitative estimate of drug-likeness (QED) is 0.729. The lowest BCUT2D eigenvalue weighted by Crippen LogP contribution is -2.50. The van der Waals surface area contributed by atoms with E-state index in [2.05, 4.69) is 27.3 Å². The summed E-state index contributed by atoms with van der Waals surface area (Å²) < 4.78 is 14.0. The Balaban J connectivity index is 1.29. The lowest BCUT2D eigenvalue weighted by molar-refractivity contribution is -0.134. The number of halogens is 2. The van der Waals surface area contributed by atoms with E-state index in [1.807, 2.05) is 4.90 Å². The maximum Gasteiger partial charge on any atom is 0.236 e. The zero-order valence-corrected chi connectivity index (χ0v) is 17.4. The van der Waals surface area contributed by atoms with Crippen molar-refractivity contribution in [3.05, 3.63) is 57.0 Å². The maximum atomic E-state index is 14.0. The van der Waals surface area contributed by atoms with Gasteiger partial charge in [0.2, 0.25) is 5.91 Å². The van der Waals surface area contributed by atoms with Crippen LogP contribution in [0.3, 0.4) is 0 Å². The number of benzene rings is 1. The minimum absolute atomic E-state index is 0.201. The van der Waals surface area contributed by atoms with Crippen molar-refractivity contribution in [3.8, 4) is 0 Å². The van der Waals surface area contributed by atoms with E-state index in [1.54, 1.807) is 23.5 Å². The van der Waals surface area contributed by atoms with Gasteiger partial charge in [-0.1, -0.05) is 23.7 Å². The second-order valence-corrected chi connectivity index (χ2v) is 8.89. The number of carbonyl (C=O) groups is 1. The molecule has 0 aliphatic carbocycles. The van der Waals surface area contributed by atoms with Gasteiger partial charge in [0.25, 0.3) is 0 Å². The Morgan fingerprint density at radius 2 is 1.96 bits per heavy atom. The molecular weight excluding hydrogens is 397 g/mol. The number of piperazine rings is 1. The zero-order chi connectivity index (χ0) is 19.5. The summed E-state index contributed by atoms with van der Waals surface area (Å²) in [5.41, 5.74) is 0.541. The molecule has 1 aromatic carbocycles. The van der Waals surface area contributed by atoms with Gasteiger partial charge in [0.1, 0.15) is 5.82 Å². The first-order chi connectivity index (χ1) is 13.6. The van der Waals surface area contributed by atoms with Crippen molar-refractivity contribution in [2.24, 2.45) is 0 Å². The van der Waals surface area contributed by atoms with Gasteiger partial charge in [0.05, 0.1) is 6.54 Å². The Kier molecular flexibility index (Phi) is 6.31. The van der Waals surface area contributed by atoms with Gasteiger partial charge in [-0.3, -0.25) is 14.6 Å². The monoisotopic (exact) mass is 421 g/mol. The first-order valence-corrected chi connectivity index (χ1v) is 11.1. The summed E-state index contributed by atoms with van der Waals surface area (Å²) in [7, 11) is 0. The molecule has 0 bridgehead atoms. The number of rotatable bonds is 5. The highest BCUT2D eigenvalue weighted by Crippen LogP contribution is 2.34. The first-order valence-electron chi connectivity index (χ1n) is 9.82. The van der Waals surface area contributed by atoms with Gasteiger partial charge in [-0.05, 0) is 43.0 Å². The smallest absolute Gasteiger partial charge is 0.236 e. The van der Waals surface area contributed by atoms with Crippen LogP contribution in [0.4, 0.5) is 4.39 Å². The van der Waals surface area contributed by atoms with Crippen LogP contribution in [-0.2, 0) is 11.3 Å². The Morgan fingerprint density at radius 3 is 2.68 bits per heavy atom. The van der Waals surface area contributed by atoms with E-state index in [-0.39, 0.29) is 11.7 Å². The normalized spacial score (nSPS) is 21.4. The van der Waals surface area contributed by atoms with Gasteiger partial charge >= 0.3 is 0 Å². The molecule has 4 nitrogen and oxygen atoms in total. The fourth-order valence-corrected chi connectivity index (χ4v) is 5.27. The second-order valence-electron chi connectivity index (χ2n) is 7.50. The van der Waals surface area contributed by atoms with Crippen molar-refractivity contribution in [2.45, 2.75) is 25.4 Å². The SMILES string of the molecule is O=C(CN1CCCC1c1cccs1)N1CCN(Cc2c(F)cccc2Cl)CC1. The molecule has 2 saturated heterocycles. The average Bonchev–Trinajstić information content (AvgIpc) is 3.37. The minimum Gasteiger partial charge on any atom is -0.339 e. The van der Waals surface area contributed by atoms with E-state index >= 15 is 0 Å². The summed E-state index contributed by atoms with van der Waals surface area (Å²) in [4.78, 5) is 20.6. The van der Waals surface area contributed by atoms with Gasteiger partial charge in [0.15, 0.2) is 0 Å². The third-order valence-electron chi connectivity index (χ3n) is 5.74. The number of thiophene rings is 1. The Bertz CT molecular complexity index is 788. The van der Waals surface area contributed by atoms with Crippen molar-refractivity contribution in [1.29, 1.82) is 0 Å². The molecule has 0 spiro atoms. The van der Waals surface area contributed by atoms with Crippen molar-refractivity contribution in [2.75, 3.05) is 39.3 Å². The summed E-state index contributed by atoms with van der Waals surface area (Å²) in [6, 6.07) is 9.43. The summed E-state index contributed by atoms with van der Waals surface area (Å²) in [5.74, 6) is -0.0633. The van der Waals surface area contributed by atoms with Gasteiger partial charge in [0, 0.05) is 54.2 Å². The zero-order valence-electron chi connectivity index (χ0n) is 15.8. The van der Waals surface area contributed by atoms with Crippen molar-refractivity contribution in [1.82, 2.24) is 14.7 Å². The summed E-state index contributed by atoms with van der Waals surface area (Å²) in [6.07, 6.45) is 2.28. The molecule has 4 rings (SSSR count). The molecule has 28 heavy (non-hydrogen) atoms. The largest absolute Gasteiger partial charge is 0.339 e. The summed E-state index contributed by atoms with van der Waals surface area (Å²) in [5, 5.41) is 2.57. The Labute approximate surface area is 174 Å². The van der Waals surface area contributed by atoms with Crippen molar-refractivity contribution in [3.63, 3.8) is 0 Å². The van der Waals surface area contributed by atoms with Crippen LogP contribution in [0.15, 0.2) is 35.7 Å². The molecule has 1 atom stereocenters. The third kappa shape index (κ3) is 4.40. The molecule has 1 aromatic heterocycles. The molecule has 2 aliphatic rings. The van der Waals surface area contributed by atoms with E-state index in [4.69, 9.17) is 11.6 Å². The number of hydrogen-bond donors (Lipinski definition) is 0. The Morgan fingerprint density at radius 1 is 1.14 bits per heavy atom. The minimum atomic E-state index is -0.264. The van der Waals surface area contributed by atoms with Crippen LogP contribution in [0.25, 0.3) is 0 Å². The lowest BCUT2D eigenvalue weighted by Gasteiger charge is -2.36. The summed E-state index contributed by atoms with van der Waals surface area (Å²) >= 11 is 7.92. The van der Waals surface area contributed by atoms with Crippen LogP contribution in [0.5, 0.6) is 0 Å². The van der Waals surface area contributed by atoms with Gasteiger partial charge in [-0.25, -0.2) is 4.39 Å². The van der Waals surface area contributed by atoms with Crippen LogP contribution >= 0.6 is 22.9 Å². The number of carbonyl (C=O) groups excluding carboxylic acids is 1. The van der Waals surface area contributed by atoms with Crippen LogP contribution in [0, 0.1) is 5.82 Å². The van der Waals surface area contributed by atoms with E-state index in [0.717, 1.165) is 32.5 Å². The van der Waals surface area contributed by atoms with E-state index in [1.165, 1.54) is 10.9 Å². The van der Waals surface area contributed by atoms with E-state index in [9.17, 15) is 9.18 Å². The van der Waals surface area contributed by atoms with Crippen LogP contribution < -0.4 is 0 Å². The van der Waals surface area contributed by atoms with E-state index < -0.39 is 0 Å². The van der Waals surface area contributed by atoms with Crippen LogP contribution in [-0.4, -0.2) is 59.9 Å². The van der Waals surface area contributed by atoms with Gasteiger partial charge in [-0.2, -0.15) is 0 Å². The van der Waals surface area contributed by atoms with Crippen molar-refractivity contribution >= 4 is 28.8 Å². The highest BCUT2D eigenvalue weighted by atomic mass is 35.5. The highest BCUT2D eigenvalue weighted by Gasteiger charge is 2.30. The second kappa shape index (κ2) is 8.91.